The maximum absolute atomic E-state index is 5.62. The van der Waals surface area contributed by atoms with E-state index >= 15 is 0 Å². The Morgan fingerprint density at radius 2 is 1.89 bits per heavy atom. The lowest BCUT2D eigenvalue weighted by molar-refractivity contribution is 0.0615. The van der Waals surface area contributed by atoms with Crippen molar-refractivity contribution in [3.8, 4) is 0 Å². The van der Waals surface area contributed by atoms with Crippen molar-refractivity contribution in [3.05, 3.63) is 0 Å². The summed E-state index contributed by atoms with van der Waals surface area (Å²) in [5.41, 5.74) is 0. The molecule has 2 aliphatic rings. The van der Waals surface area contributed by atoms with Crippen LogP contribution in [0.1, 0.15) is 46.0 Å². The van der Waals surface area contributed by atoms with Crippen molar-refractivity contribution in [2.45, 2.75) is 58.1 Å². The molecule has 0 aromatic carbocycles. The van der Waals surface area contributed by atoms with Crippen molar-refractivity contribution in [2.24, 2.45) is 0 Å². The molecule has 0 amide bonds. The average molecular weight is 254 g/mol. The van der Waals surface area contributed by atoms with Gasteiger partial charge in [0.15, 0.2) is 0 Å². The molecule has 0 aliphatic carbocycles. The van der Waals surface area contributed by atoms with Gasteiger partial charge in [-0.3, -0.25) is 4.90 Å². The van der Waals surface area contributed by atoms with Crippen LogP contribution in [-0.4, -0.2) is 61.3 Å². The molecule has 0 radical (unpaired) electrons. The highest BCUT2D eigenvalue weighted by Gasteiger charge is 2.26. The summed E-state index contributed by atoms with van der Waals surface area (Å²) in [7, 11) is 0. The fraction of sp³-hybridized carbons (Fsp3) is 1.00. The van der Waals surface area contributed by atoms with E-state index in [1.54, 1.807) is 0 Å². The Balaban J connectivity index is 1.63. The standard InChI is InChI=1S/C15H30N2O/c1-14(2)18-12-6-9-16-8-5-7-15(13-16)17-10-3-4-11-17/h14-15H,3-13H2,1-2H3/t15-/m0/s1. The van der Waals surface area contributed by atoms with Crippen molar-refractivity contribution in [3.63, 3.8) is 0 Å². The molecule has 2 rings (SSSR count). The fourth-order valence-corrected chi connectivity index (χ4v) is 3.25. The summed E-state index contributed by atoms with van der Waals surface area (Å²) in [6.07, 6.45) is 7.19. The summed E-state index contributed by atoms with van der Waals surface area (Å²) >= 11 is 0. The summed E-state index contributed by atoms with van der Waals surface area (Å²) in [6, 6.07) is 0.840. The first-order chi connectivity index (χ1) is 8.75. The van der Waals surface area contributed by atoms with Gasteiger partial charge in [0.05, 0.1) is 6.10 Å². The lowest BCUT2D eigenvalue weighted by Gasteiger charge is -2.37. The molecular formula is C15H30N2O. The molecule has 0 aromatic heterocycles. The average Bonchev–Trinajstić information content (AvgIpc) is 2.89. The SMILES string of the molecule is CC(C)OCCCN1CCC[C@H](N2CCCC2)C1. The molecule has 3 nitrogen and oxygen atoms in total. The molecule has 1 atom stereocenters. The van der Waals surface area contributed by atoms with Crippen LogP contribution in [0.25, 0.3) is 0 Å². The molecule has 2 heterocycles. The minimum atomic E-state index is 0.378. The lowest BCUT2D eigenvalue weighted by atomic mass is 10.0. The van der Waals surface area contributed by atoms with E-state index in [0.717, 1.165) is 12.6 Å². The fourth-order valence-electron chi connectivity index (χ4n) is 3.25. The van der Waals surface area contributed by atoms with Gasteiger partial charge in [0.2, 0.25) is 0 Å². The Kier molecular flexibility index (Phi) is 5.93. The molecule has 106 valence electrons. The molecule has 0 unspecified atom stereocenters. The highest BCUT2D eigenvalue weighted by molar-refractivity contribution is 4.83. The Hall–Kier alpha value is -0.120. The quantitative estimate of drug-likeness (QED) is 0.677. The topological polar surface area (TPSA) is 15.7 Å². The van der Waals surface area contributed by atoms with Gasteiger partial charge in [0, 0.05) is 25.7 Å². The third kappa shape index (κ3) is 4.52. The van der Waals surface area contributed by atoms with Gasteiger partial charge < -0.3 is 9.64 Å². The van der Waals surface area contributed by atoms with E-state index in [1.807, 2.05) is 0 Å². The molecule has 0 spiro atoms. The van der Waals surface area contributed by atoms with Crippen LogP contribution < -0.4 is 0 Å². The maximum atomic E-state index is 5.62. The van der Waals surface area contributed by atoms with Crippen molar-refractivity contribution < 1.29 is 4.74 Å². The largest absolute Gasteiger partial charge is 0.379 e. The van der Waals surface area contributed by atoms with Crippen LogP contribution in [0.2, 0.25) is 0 Å². The molecule has 0 bridgehead atoms. The van der Waals surface area contributed by atoms with Crippen LogP contribution in [0.4, 0.5) is 0 Å². The molecule has 0 aromatic rings. The van der Waals surface area contributed by atoms with E-state index in [1.165, 1.54) is 64.8 Å². The minimum absolute atomic E-state index is 0.378. The monoisotopic (exact) mass is 254 g/mol. The predicted molar refractivity (Wildman–Crippen MR) is 76.0 cm³/mol. The van der Waals surface area contributed by atoms with Crippen LogP contribution in [-0.2, 0) is 4.74 Å². The molecule has 18 heavy (non-hydrogen) atoms. The van der Waals surface area contributed by atoms with Crippen LogP contribution in [0.3, 0.4) is 0 Å². The smallest absolute Gasteiger partial charge is 0.0518 e. The summed E-state index contributed by atoms with van der Waals surface area (Å²) in [5.74, 6) is 0. The Bertz CT molecular complexity index is 227. The zero-order valence-corrected chi connectivity index (χ0v) is 12.2. The van der Waals surface area contributed by atoms with Crippen molar-refractivity contribution in [1.82, 2.24) is 9.80 Å². The molecule has 2 fully saturated rings. The number of hydrogen-bond donors (Lipinski definition) is 0. The van der Waals surface area contributed by atoms with Gasteiger partial charge in [-0.05, 0) is 65.6 Å². The van der Waals surface area contributed by atoms with E-state index in [9.17, 15) is 0 Å². The number of hydrogen-bond acceptors (Lipinski definition) is 3. The lowest BCUT2D eigenvalue weighted by Crippen LogP contribution is -2.47. The third-order valence-electron chi connectivity index (χ3n) is 4.21. The Labute approximate surface area is 112 Å². The van der Waals surface area contributed by atoms with Crippen LogP contribution in [0.15, 0.2) is 0 Å². The molecule has 2 aliphatic heterocycles. The van der Waals surface area contributed by atoms with Gasteiger partial charge in [-0.15, -0.1) is 0 Å². The van der Waals surface area contributed by atoms with Gasteiger partial charge in [0.25, 0.3) is 0 Å². The number of nitrogens with zero attached hydrogens (tertiary/aromatic N) is 2. The summed E-state index contributed by atoms with van der Waals surface area (Å²) in [6.45, 7) is 11.6. The number of ether oxygens (including phenoxy) is 1. The zero-order valence-electron chi connectivity index (χ0n) is 12.2. The predicted octanol–water partition coefficient (Wildman–Crippen LogP) is 2.36. The van der Waals surface area contributed by atoms with E-state index in [0.29, 0.717) is 6.10 Å². The summed E-state index contributed by atoms with van der Waals surface area (Å²) < 4.78 is 5.62. The first-order valence-electron chi connectivity index (χ1n) is 7.83. The van der Waals surface area contributed by atoms with Crippen molar-refractivity contribution in [2.75, 3.05) is 39.3 Å². The highest BCUT2D eigenvalue weighted by Crippen LogP contribution is 2.20. The summed E-state index contributed by atoms with van der Waals surface area (Å²) in [5, 5.41) is 0. The normalized spacial score (nSPS) is 27.2. The number of rotatable bonds is 6. The second kappa shape index (κ2) is 7.46. The molecular weight excluding hydrogens is 224 g/mol. The second-order valence-corrected chi connectivity index (χ2v) is 6.11. The Morgan fingerprint density at radius 3 is 2.61 bits per heavy atom. The van der Waals surface area contributed by atoms with Gasteiger partial charge in [-0.1, -0.05) is 0 Å². The molecule has 2 saturated heterocycles. The van der Waals surface area contributed by atoms with Crippen LogP contribution in [0.5, 0.6) is 0 Å². The molecule has 0 saturated carbocycles. The van der Waals surface area contributed by atoms with E-state index < -0.39 is 0 Å². The van der Waals surface area contributed by atoms with E-state index in [2.05, 4.69) is 23.6 Å². The second-order valence-electron chi connectivity index (χ2n) is 6.11. The zero-order chi connectivity index (χ0) is 12.8. The molecule has 3 heteroatoms. The third-order valence-corrected chi connectivity index (χ3v) is 4.21. The van der Waals surface area contributed by atoms with Crippen molar-refractivity contribution in [1.29, 1.82) is 0 Å². The van der Waals surface area contributed by atoms with E-state index in [-0.39, 0.29) is 0 Å². The summed E-state index contributed by atoms with van der Waals surface area (Å²) in [4.78, 5) is 5.37. The van der Waals surface area contributed by atoms with Crippen molar-refractivity contribution >= 4 is 0 Å². The molecule has 0 N–H and O–H groups in total. The first-order valence-corrected chi connectivity index (χ1v) is 7.83. The van der Waals surface area contributed by atoms with Crippen LogP contribution in [0, 0.1) is 0 Å². The Morgan fingerprint density at radius 1 is 1.11 bits per heavy atom. The van der Waals surface area contributed by atoms with Gasteiger partial charge in [0.1, 0.15) is 0 Å². The van der Waals surface area contributed by atoms with E-state index in [4.69, 9.17) is 4.74 Å². The van der Waals surface area contributed by atoms with Gasteiger partial charge in [-0.2, -0.15) is 0 Å². The minimum Gasteiger partial charge on any atom is -0.379 e. The first kappa shape index (κ1) is 14.3. The van der Waals surface area contributed by atoms with Gasteiger partial charge >= 0.3 is 0 Å². The van der Waals surface area contributed by atoms with Crippen LogP contribution >= 0.6 is 0 Å². The van der Waals surface area contributed by atoms with Gasteiger partial charge in [-0.25, -0.2) is 0 Å². The highest BCUT2D eigenvalue weighted by atomic mass is 16.5. The number of likely N-dealkylation sites (tertiary alicyclic amines) is 2. The maximum Gasteiger partial charge on any atom is 0.0518 e. The number of piperidine rings is 1.